The van der Waals surface area contributed by atoms with E-state index in [9.17, 15) is 19.7 Å². The van der Waals surface area contributed by atoms with Crippen LogP contribution in [0.3, 0.4) is 0 Å². The Morgan fingerprint density at radius 2 is 1.64 bits per heavy atom. The molecule has 0 saturated carbocycles. The Hall–Kier alpha value is -3.48. The van der Waals surface area contributed by atoms with Crippen molar-refractivity contribution in [3.8, 4) is 0 Å². The molecule has 0 unspecified atom stereocenters. The smallest absolute Gasteiger partial charge is 0.277 e. The molecule has 0 saturated heterocycles. The maximum atomic E-state index is 12.5. The zero-order valence-corrected chi connectivity index (χ0v) is 13.6. The molecular formula is C18H15N3O4. The Morgan fingerprint density at radius 1 is 1.00 bits per heavy atom. The molecular weight excluding hydrogens is 322 g/mol. The van der Waals surface area contributed by atoms with E-state index >= 15 is 0 Å². The van der Waals surface area contributed by atoms with Crippen LogP contribution in [0.15, 0.2) is 54.2 Å². The SMILES string of the molecule is Cc1ccccc1NC1=C(c2ccc([N+](=O)[O-])cc2)C(=O)N(C)C1=O. The second-order valence-electron chi connectivity index (χ2n) is 5.66. The fourth-order valence-corrected chi connectivity index (χ4v) is 2.62. The van der Waals surface area contributed by atoms with Gasteiger partial charge < -0.3 is 5.32 Å². The molecule has 126 valence electrons. The summed E-state index contributed by atoms with van der Waals surface area (Å²) in [7, 11) is 1.41. The number of para-hydroxylation sites is 1. The maximum Gasteiger partial charge on any atom is 0.277 e. The number of imide groups is 1. The molecule has 7 nitrogen and oxygen atoms in total. The van der Waals surface area contributed by atoms with Gasteiger partial charge in [0, 0.05) is 24.9 Å². The first-order valence-electron chi connectivity index (χ1n) is 7.54. The van der Waals surface area contributed by atoms with Crippen LogP contribution in [-0.4, -0.2) is 28.7 Å². The van der Waals surface area contributed by atoms with E-state index < -0.39 is 16.7 Å². The van der Waals surface area contributed by atoms with Crippen molar-refractivity contribution >= 4 is 28.8 Å². The van der Waals surface area contributed by atoms with Gasteiger partial charge in [-0.2, -0.15) is 0 Å². The highest BCUT2D eigenvalue weighted by molar-refractivity contribution is 6.36. The number of nitrogens with one attached hydrogen (secondary N) is 1. The zero-order chi connectivity index (χ0) is 18.1. The van der Waals surface area contributed by atoms with Crippen LogP contribution in [0, 0.1) is 17.0 Å². The Labute approximate surface area is 143 Å². The first kappa shape index (κ1) is 16.4. The molecule has 1 aliphatic rings. The molecule has 0 radical (unpaired) electrons. The molecule has 7 heteroatoms. The molecule has 25 heavy (non-hydrogen) atoms. The average molecular weight is 337 g/mol. The maximum absolute atomic E-state index is 12.5. The Balaban J connectivity index is 2.08. The van der Waals surface area contributed by atoms with Gasteiger partial charge >= 0.3 is 0 Å². The molecule has 2 aromatic rings. The molecule has 0 fully saturated rings. The van der Waals surface area contributed by atoms with Crippen LogP contribution in [0.2, 0.25) is 0 Å². The standard InChI is InChI=1S/C18H15N3O4/c1-11-5-3-4-6-14(11)19-16-15(17(22)20(2)18(16)23)12-7-9-13(10-8-12)21(24)25/h3-10,19H,1-2H3. The number of carbonyl (C=O) groups is 2. The third-order valence-corrected chi connectivity index (χ3v) is 4.06. The predicted octanol–water partition coefficient (Wildman–Crippen LogP) is 2.73. The molecule has 0 atom stereocenters. The molecule has 0 aliphatic carbocycles. The number of nitro groups is 1. The lowest BCUT2D eigenvalue weighted by molar-refractivity contribution is -0.384. The van der Waals surface area contributed by atoms with Crippen LogP contribution in [0.1, 0.15) is 11.1 Å². The topological polar surface area (TPSA) is 92.6 Å². The normalized spacial score (nSPS) is 14.2. The van der Waals surface area contributed by atoms with E-state index in [1.165, 1.54) is 31.3 Å². The quantitative estimate of drug-likeness (QED) is 0.526. The van der Waals surface area contributed by atoms with E-state index in [0.29, 0.717) is 11.3 Å². The second kappa shape index (κ2) is 6.20. The Morgan fingerprint density at radius 3 is 2.24 bits per heavy atom. The number of non-ortho nitro benzene ring substituents is 1. The zero-order valence-electron chi connectivity index (χ0n) is 13.6. The van der Waals surface area contributed by atoms with E-state index in [-0.39, 0.29) is 17.0 Å². The van der Waals surface area contributed by atoms with Crippen molar-refractivity contribution < 1.29 is 14.5 Å². The first-order valence-corrected chi connectivity index (χ1v) is 7.54. The highest BCUT2D eigenvalue weighted by Gasteiger charge is 2.37. The van der Waals surface area contributed by atoms with Gasteiger partial charge in [0.2, 0.25) is 0 Å². The number of likely N-dealkylation sites (N-methyl/N-ethyl adjacent to an activating group) is 1. The number of hydrogen-bond donors (Lipinski definition) is 1. The number of carbonyl (C=O) groups excluding carboxylic acids is 2. The highest BCUT2D eigenvalue weighted by atomic mass is 16.6. The fourth-order valence-electron chi connectivity index (χ4n) is 2.62. The van der Waals surface area contributed by atoms with Crippen molar-refractivity contribution in [1.82, 2.24) is 4.90 Å². The lowest BCUT2D eigenvalue weighted by Crippen LogP contribution is -2.28. The number of benzene rings is 2. The van der Waals surface area contributed by atoms with Crippen molar-refractivity contribution in [3.63, 3.8) is 0 Å². The molecule has 1 aliphatic heterocycles. The van der Waals surface area contributed by atoms with Gasteiger partial charge in [-0.05, 0) is 36.2 Å². The number of amides is 2. The van der Waals surface area contributed by atoms with E-state index in [1.54, 1.807) is 0 Å². The summed E-state index contributed by atoms with van der Waals surface area (Å²) >= 11 is 0. The third-order valence-electron chi connectivity index (χ3n) is 4.06. The summed E-state index contributed by atoms with van der Waals surface area (Å²) in [5.41, 5.74) is 2.37. The second-order valence-corrected chi connectivity index (χ2v) is 5.66. The molecule has 2 amide bonds. The van der Waals surface area contributed by atoms with Crippen LogP contribution >= 0.6 is 0 Å². The van der Waals surface area contributed by atoms with Crippen molar-refractivity contribution in [2.75, 3.05) is 12.4 Å². The lowest BCUT2D eigenvalue weighted by atomic mass is 10.0. The molecule has 1 N–H and O–H groups in total. The van der Waals surface area contributed by atoms with Gasteiger partial charge in [-0.15, -0.1) is 0 Å². The first-order chi connectivity index (χ1) is 11.9. The minimum Gasteiger partial charge on any atom is -0.350 e. The van der Waals surface area contributed by atoms with E-state index in [4.69, 9.17) is 0 Å². The summed E-state index contributed by atoms with van der Waals surface area (Å²) in [5, 5.41) is 13.8. The van der Waals surface area contributed by atoms with Crippen LogP contribution < -0.4 is 5.32 Å². The number of anilines is 1. The number of rotatable bonds is 4. The van der Waals surface area contributed by atoms with Crippen LogP contribution in [0.25, 0.3) is 5.57 Å². The minimum atomic E-state index is -0.515. The van der Waals surface area contributed by atoms with E-state index in [1.807, 2.05) is 31.2 Å². The summed E-state index contributed by atoms with van der Waals surface area (Å²) in [5.74, 6) is -0.892. The number of hydrogen-bond acceptors (Lipinski definition) is 5. The Kier molecular flexibility index (Phi) is 4.06. The summed E-state index contributed by atoms with van der Waals surface area (Å²) in [4.78, 5) is 36.3. The molecule has 0 bridgehead atoms. The van der Waals surface area contributed by atoms with Gasteiger partial charge in [0.25, 0.3) is 17.5 Å². The van der Waals surface area contributed by atoms with Gasteiger partial charge in [-0.3, -0.25) is 24.6 Å². The summed E-state index contributed by atoms with van der Waals surface area (Å²) in [6.45, 7) is 1.89. The molecule has 0 spiro atoms. The van der Waals surface area contributed by atoms with Crippen LogP contribution in [0.4, 0.5) is 11.4 Å². The van der Waals surface area contributed by atoms with Gasteiger partial charge in [0.05, 0.1) is 10.5 Å². The number of nitrogens with zero attached hydrogens (tertiary/aromatic N) is 2. The molecule has 2 aromatic carbocycles. The summed E-state index contributed by atoms with van der Waals surface area (Å²) in [6.07, 6.45) is 0. The number of aryl methyl sites for hydroxylation is 1. The van der Waals surface area contributed by atoms with E-state index in [0.717, 1.165) is 10.5 Å². The van der Waals surface area contributed by atoms with Gasteiger partial charge in [-0.25, -0.2) is 0 Å². The monoisotopic (exact) mass is 337 g/mol. The Bertz CT molecular complexity index is 916. The lowest BCUT2D eigenvalue weighted by Gasteiger charge is -2.11. The predicted molar refractivity (Wildman–Crippen MR) is 92.6 cm³/mol. The van der Waals surface area contributed by atoms with Gasteiger partial charge in [0.1, 0.15) is 5.70 Å². The summed E-state index contributed by atoms with van der Waals surface area (Å²) in [6, 6.07) is 13.0. The van der Waals surface area contributed by atoms with Gasteiger partial charge in [-0.1, -0.05) is 18.2 Å². The highest BCUT2D eigenvalue weighted by Crippen LogP contribution is 2.31. The van der Waals surface area contributed by atoms with Crippen molar-refractivity contribution in [3.05, 3.63) is 75.5 Å². The summed E-state index contributed by atoms with van der Waals surface area (Å²) < 4.78 is 0. The molecule has 3 rings (SSSR count). The third kappa shape index (κ3) is 2.87. The van der Waals surface area contributed by atoms with Crippen molar-refractivity contribution in [2.45, 2.75) is 6.92 Å². The van der Waals surface area contributed by atoms with Crippen molar-refractivity contribution in [1.29, 1.82) is 0 Å². The average Bonchev–Trinajstić information content (AvgIpc) is 2.81. The fraction of sp³-hybridized carbons (Fsp3) is 0.111. The molecule has 1 heterocycles. The van der Waals surface area contributed by atoms with Crippen molar-refractivity contribution in [2.24, 2.45) is 0 Å². The van der Waals surface area contributed by atoms with Crippen LogP contribution in [-0.2, 0) is 9.59 Å². The van der Waals surface area contributed by atoms with E-state index in [2.05, 4.69) is 5.32 Å². The van der Waals surface area contributed by atoms with Crippen LogP contribution in [0.5, 0.6) is 0 Å². The molecule has 0 aromatic heterocycles. The minimum absolute atomic E-state index is 0.0807. The largest absolute Gasteiger partial charge is 0.350 e. The number of nitro benzene ring substituents is 1. The van der Waals surface area contributed by atoms with Gasteiger partial charge in [0.15, 0.2) is 0 Å².